The van der Waals surface area contributed by atoms with Gasteiger partial charge < -0.3 is 10.5 Å². The van der Waals surface area contributed by atoms with Crippen molar-refractivity contribution in [1.29, 1.82) is 0 Å². The van der Waals surface area contributed by atoms with Crippen molar-refractivity contribution in [2.24, 2.45) is 0 Å². The molecule has 0 saturated heterocycles. The van der Waals surface area contributed by atoms with Gasteiger partial charge in [-0.05, 0) is 0 Å². The molecule has 0 aliphatic carbocycles. The van der Waals surface area contributed by atoms with Crippen LogP contribution in [-0.2, 0) is 0 Å². The minimum Gasteiger partial charge on any atom is -0.479 e. The summed E-state index contributed by atoms with van der Waals surface area (Å²) in [6.45, 7) is 0. The molecule has 0 aromatic carbocycles. The van der Waals surface area contributed by atoms with Gasteiger partial charge in [-0.1, -0.05) is 0 Å². The van der Waals surface area contributed by atoms with E-state index in [-0.39, 0.29) is 11.8 Å². The molecule has 0 unspecified atom stereocenters. The summed E-state index contributed by atoms with van der Waals surface area (Å²) < 4.78 is 17.0. The van der Waals surface area contributed by atoms with E-state index < -0.39 is 5.82 Å². The molecule has 0 aliphatic heterocycles. The molecule has 0 aliphatic rings. The summed E-state index contributed by atoms with van der Waals surface area (Å²) in [5, 5.41) is 0. The molecule has 0 spiro atoms. The molecule has 0 atom stereocenters. The Morgan fingerprint density at radius 1 is 1.70 bits per heavy atom. The molecule has 1 heterocycles. The third-order valence-corrected chi connectivity index (χ3v) is 0.924. The van der Waals surface area contributed by atoms with Crippen LogP contribution in [0.5, 0.6) is 5.88 Å². The molecule has 5 heteroatoms. The number of anilines is 1. The van der Waals surface area contributed by atoms with Gasteiger partial charge in [0, 0.05) is 0 Å². The van der Waals surface area contributed by atoms with E-state index in [0.29, 0.717) is 0 Å². The summed E-state index contributed by atoms with van der Waals surface area (Å²) >= 11 is 0. The third-order valence-electron chi connectivity index (χ3n) is 0.924. The quantitative estimate of drug-likeness (QED) is 0.610. The van der Waals surface area contributed by atoms with Gasteiger partial charge in [-0.2, -0.15) is 9.37 Å². The van der Waals surface area contributed by atoms with Crippen molar-refractivity contribution in [2.75, 3.05) is 12.8 Å². The lowest BCUT2D eigenvalue weighted by atomic mass is 10.6. The predicted molar refractivity (Wildman–Crippen MR) is 33.0 cm³/mol. The Kier molecular flexibility index (Phi) is 1.66. The van der Waals surface area contributed by atoms with Crippen LogP contribution in [0.15, 0.2) is 6.20 Å². The van der Waals surface area contributed by atoms with Gasteiger partial charge in [0.25, 0.3) is 5.88 Å². The highest BCUT2D eigenvalue weighted by atomic mass is 19.1. The number of nitrogens with two attached hydrogens (primary N) is 1. The first-order valence-corrected chi connectivity index (χ1v) is 2.56. The van der Waals surface area contributed by atoms with Crippen LogP contribution in [0.3, 0.4) is 0 Å². The lowest BCUT2D eigenvalue weighted by Gasteiger charge is -1.98. The molecule has 0 amide bonds. The lowest BCUT2D eigenvalue weighted by Crippen LogP contribution is -1.99. The van der Waals surface area contributed by atoms with E-state index in [1.807, 2.05) is 0 Å². The van der Waals surface area contributed by atoms with E-state index in [0.717, 1.165) is 6.20 Å². The molecule has 10 heavy (non-hydrogen) atoms. The Hall–Kier alpha value is -1.39. The lowest BCUT2D eigenvalue weighted by molar-refractivity contribution is 0.368. The van der Waals surface area contributed by atoms with E-state index >= 15 is 0 Å². The number of nitrogens with zero attached hydrogens (tertiary/aromatic N) is 2. The van der Waals surface area contributed by atoms with Crippen molar-refractivity contribution in [3.8, 4) is 5.88 Å². The highest BCUT2D eigenvalue weighted by molar-refractivity contribution is 5.22. The third kappa shape index (κ3) is 1.12. The molecule has 54 valence electrons. The minimum atomic E-state index is -0.614. The molecular weight excluding hydrogens is 137 g/mol. The topological polar surface area (TPSA) is 61.0 Å². The van der Waals surface area contributed by atoms with Gasteiger partial charge >= 0.3 is 0 Å². The Morgan fingerprint density at radius 3 is 2.90 bits per heavy atom. The molecule has 0 bridgehead atoms. The SMILES string of the molecule is COc1nc(N)ncc1F. The van der Waals surface area contributed by atoms with Gasteiger partial charge in [0.1, 0.15) is 0 Å². The smallest absolute Gasteiger partial charge is 0.255 e. The Morgan fingerprint density at radius 2 is 2.40 bits per heavy atom. The van der Waals surface area contributed by atoms with Gasteiger partial charge in [-0.3, -0.25) is 0 Å². The summed E-state index contributed by atoms with van der Waals surface area (Å²) in [6, 6.07) is 0. The van der Waals surface area contributed by atoms with Crippen molar-refractivity contribution in [2.45, 2.75) is 0 Å². The standard InChI is InChI=1S/C5H6FN3O/c1-10-4-3(6)2-8-5(7)9-4/h2H,1H3,(H2,7,8,9). The van der Waals surface area contributed by atoms with Crippen LogP contribution in [0.2, 0.25) is 0 Å². The number of aromatic nitrogens is 2. The highest BCUT2D eigenvalue weighted by Crippen LogP contribution is 2.11. The monoisotopic (exact) mass is 143 g/mol. The van der Waals surface area contributed by atoms with Crippen molar-refractivity contribution < 1.29 is 9.13 Å². The van der Waals surface area contributed by atoms with E-state index in [1.165, 1.54) is 7.11 Å². The molecular formula is C5H6FN3O. The molecule has 0 radical (unpaired) electrons. The summed E-state index contributed by atoms with van der Waals surface area (Å²) in [5.41, 5.74) is 5.13. The van der Waals surface area contributed by atoms with Crippen molar-refractivity contribution >= 4 is 5.95 Å². The number of ether oxygens (including phenoxy) is 1. The summed E-state index contributed by atoms with van der Waals surface area (Å²) in [4.78, 5) is 6.86. The number of nitrogen functional groups attached to an aromatic ring is 1. The number of methoxy groups -OCH3 is 1. The van der Waals surface area contributed by atoms with Gasteiger partial charge in [-0.15, -0.1) is 0 Å². The molecule has 1 aromatic rings. The summed E-state index contributed by atoms with van der Waals surface area (Å²) in [6.07, 6.45) is 0.959. The fourth-order valence-electron chi connectivity index (χ4n) is 0.507. The molecule has 4 nitrogen and oxygen atoms in total. The number of halogens is 1. The maximum atomic E-state index is 12.5. The van der Waals surface area contributed by atoms with Crippen LogP contribution >= 0.6 is 0 Å². The predicted octanol–water partition coefficient (Wildman–Crippen LogP) is 0.206. The first-order valence-electron chi connectivity index (χ1n) is 2.56. The van der Waals surface area contributed by atoms with Crippen molar-refractivity contribution in [3.63, 3.8) is 0 Å². The first-order chi connectivity index (χ1) is 4.74. The minimum absolute atomic E-state index is 0.00162. The van der Waals surface area contributed by atoms with E-state index in [4.69, 9.17) is 5.73 Å². The second-order valence-corrected chi connectivity index (χ2v) is 1.59. The van der Waals surface area contributed by atoms with Crippen LogP contribution in [0.4, 0.5) is 10.3 Å². The average molecular weight is 143 g/mol. The fraction of sp³-hybridized carbons (Fsp3) is 0.200. The van der Waals surface area contributed by atoms with Crippen LogP contribution < -0.4 is 10.5 Å². The second-order valence-electron chi connectivity index (χ2n) is 1.59. The Bertz CT molecular complexity index is 240. The van der Waals surface area contributed by atoms with E-state index in [1.54, 1.807) is 0 Å². The Balaban J connectivity index is 3.09. The number of hydrogen-bond donors (Lipinski definition) is 1. The zero-order valence-corrected chi connectivity index (χ0v) is 5.34. The number of hydrogen-bond acceptors (Lipinski definition) is 4. The fourth-order valence-corrected chi connectivity index (χ4v) is 0.507. The van der Waals surface area contributed by atoms with Crippen LogP contribution in [0, 0.1) is 5.82 Å². The van der Waals surface area contributed by atoms with Gasteiger partial charge in [0.05, 0.1) is 13.3 Å². The molecule has 0 fully saturated rings. The zero-order valence-electron chi connectivity index (χ0n) is 5.34. The molecule has 1 aromatic heterocycles. The van der Waals surface area contributed by atoms with Crippen molar-refractivity contribution in [1.82, 2.24) is 9.97 Å². The number of rotatable bonds is 1. The first kappa shape index (κ1) is 6.73. The van der Waals surface area contributed by atoms with Gasteiger partial charge in [0.15, 0.2) is 0 Å². The van der Waals surface area contributed by atoms with Crippen LogP contribution in [0.1, 0.15) is 0 Å². The van der Waals surface area contributed by atoms with Gasteiger partial charge in [0.2, 0.25) is 11.8 Å². The maximum absolute atomic E-state index is 12.5. The molecule has 2 N–H and O–H groups in total. The summed E-state index contributed by atoms with van der Waals surface area (Å²) in [5.74, 6) is -0.748. The Labute approximate surface area is 56.9 Å². The largest absolute Gasteiger partial charge is 0.479 e. The molecule has 1 rings (SSSR count). The zero-order chi connectivity index (χ0) is 7.56. The normalized spacial score (nSPS) is 9.40. The summed E-state index contributed by atoms with van der Waals surface area (Å²) in [7, 11) is 1.31. The van der Waals surface area contributed by atoms with Crippen LogP contribution in [0.25, 0.3) is 0 Å². The van der Waals surface area contributed by atoms with Crippen LogP contribution in [-0.4, -0.2) is 17.1 Å². The van der Waals surface area contributed by atoms with E-state index in [9.17, 15) is 4.39 Å². The van der Waals surface area contributed by atoms with E-state index in [2.05, 4.69) is 14.7 Å². The van der Waals surface area contributed by atoms with Crippen molar-refractivity contribution in [3.05, 3.63) is 12.0 Å². The highest BCUT2D eigenvalue weighted by Gasteiger charge is 2.02. The average Bonchev–Trinajstić information content (AvgIpc) is 1.94. The maximum Gasteiger partial charge on any atom is 0.255 e. The van der Waals surface area contributed by atoms with Gasteiger partial charge in [-0.25, -0.2) is 4.98 Å². The molecule has 0 saturated carbocycles. The second kappa shape index (κ2) is 2.47.